The molecule has 124 valence electrons. The maximum absolute atomic E-state index is 11.2. The number of ether oxygens (including phenoxy) is 1. The van der Waals surface area contributed by atoms with Gasteiger partial charge < -0.3 is 9.84 Å². The normalized spacial score (nSPS) is 12.9. The number of benzene rings is 1. The first-order chi connectivity index (χ1) is 10.4. The molecule has 1 rings (SSSR count). The van der Waals surface area contributed by atoms with Gasteiger partial charge in [-0.25, -0.2) is 4.79 Å². The largest absolute Gasteiger partial charge is 0.493 e. The number of hydrogen-bond acceptors (Lipinski definition) is 2. The van der Waals surface area contributed by atoms with Crippen molar-refractivity contribution in [3.8, 4) is 5.75 Å². The Morgan fingerprint density at radius 2 is 1.86 bits per heavy atom. The van der Waals surface area contributed by atoms with E-state index in [9.17, 15) is 4.79 Å². The number of rotatable bonds is 9. The van der Waals surface area contributed by atoms with Gasteiger partial charge in [0.2, 0.25) is 0 Å². The van der Waals surface area contributed by atoms with Crippen LogP contribution >= 0.6 is 0 Å². The van der Waals surface area contributed by atoms with Gasteiger partial charge in [-0.05, 0) is 36.3 Å². The summed E-state index contributed by atoms with van der Waals surface area (Å²) in [6, 6.07) is 6.84. The Hall–Kier alpha value is -1.51. The van der Waals surface area contributed by atoms with Crippen molar-refractivity contribution >= 4 is 5.97 Å². The highest BCUT2D eigenvalue weighted by Crippen LogP contribution is 2.33. The second-order valence-corrected chi connectivity index (χ2v) is 7.00. The van der Waals surface area contributed by atoms with Crippen LogP contribution in [-0.2, 0) is 0 Å². The molecule has 0 bridgehead atoms. The highest BCUT2D eigenvalue weighted by Gasteiger charge is 2.24. The second-order valence-electron chi connectivity index (χ2n) is 7.00. The maximum atomic E-state index is 11.2. The van der Waals surface area contributed by atoms with Crippen molar-refractivity contribution < 1.29 is 14.6 Å². The van der Waals surface area contributed by atoms with E-state index in [1.807, 2.05) is 6.07 Å². The molecular weight excluding hydrogens is 276 g/mol. The zero-order valence-electron chi connectivity index (χ0n) is 14.4. The fourth-order valence-corrected chi connectivity index (χ4v) is 2.73. The Morgan fingerprint density at radius 1 is 1.18 bits per heavy atom. The van der Waals surface area contributed by atoms with Gasteiger partial charge >= 0.3 is 5.97 Å². The Labute approximate surface area is 134 Å². The molecule has 0 saturated carbocycles. The van der Waals surface area contributed by atoms with E-state index in [0.29, 0.717) is 18.3 Å². The van der Waals surface area contributed by atoms with Crippen LogP contribution in [0.2, 0.25) is 0 Å². The summed E-state index contributed by atoms with van der Waals surface area (Å²) in [5, 5.41) is 9.17. The van der Waals surface area contributed by atoms with E-state index in [0.717, 1.165) is 6.42 Å². The van der Waals surface area contributed by atoms with E-state index in [2.05, 4.69) is 27.7 Å². The molecule has 22 heavy (non-hydrogen) atoms. The molecule has 0 saturated heterocycles. The van der Waals surface area contributed by atoms with Gasteiger partial charge in [0.05, 0.1) is 6.61 Å². The molecule has 3 heteroatoms. The lowest BCUT2D eigenvalue weighted by atomic mass is 9.76. The van der Waals surface area contributed by atoms with Gasteiger partial charge in [-0.2, -0.15) is 0 Å². The summed E-state index contributed by atoms with van der Waals surface area (Å²) in [4.78, 5) is 11.2. The molecule has 0 radical (unpaired) electrons. The second kappa shape index (κ2) is 8.82. The molecule has 3 nitrogen and oxygen atoms in total. The zero-order valence-corrected chi connectivity index (χ0v) is 14.4. The van der Waals surface area contributed by atoms with Gasteiger partial charge in [0.25, 0.3) is 0 Å². The standard InChI is InChI=1S/C19H30O3/c1-5-6-7-10-15(19(2,3)4)13-14-22-17-12-9-8-11-16(17)18(20)21/h8-9,11-12,15H,5-7,10,13-14H2,1-4H3,(H,20,21). The topological polar surface area (TPSA) is 46.5 Å². The first kappa shape index (κ1) is 18.5. The number of para-hydroxylation sites is 1. The van der Waals surface area contributed by atoms with E-state index in [1.165, 1.54) is 25.7 Å². The van der Waals surface area contributed by atoms with Gasteiger partial charge in [-0.1, -0.05) is 59.1 Å². The summed E-state index contributed by atoms with van der Waals surface area (Å²) < 4.78 is 5.75. The molecule has 0 amide bonds. The molecule has 0 aliphatic rings. The third-order valence-electron chi connectivity index (χ3n) is 4.22. The van der Waals surface area contributed by atoms with Crippen LogP contribution < -0.4 is 4.74 Å². The molecule has 0 aliphatic heterocycles. The lowest BCUT2D eigenvalue weighted by Gasteiger charge is -2.31. The number of carboxylic acids is 1. The fraction of sp³-hybridized carbons (Fsp3) is 0.632. The molecule has 1 aromatic carbocycles. The molecule has 1 aromatic rings. The molecule has 1 atom stereocenters. The average molecular weight is 306 g/mol. The van der Waals surface area contributed by atoms with Crippen LogP contribution in [0.4, 0.5) is 0 Å². The van der Waals surface area contributed by atoms with Gasteiger partial charge in [0.15, 0.2) is 0 Å². The number of hydrogen-bond donors (Lipinski definition) is 1. The molecule has 0 spiro atoms. The van der Waals surface area contributed by atoms with E-state index in [4.69, 9.17) is 9.84 Å². The summed E-state index contributed by atoms with van der Waals surface area (Å²) >= 11 is 0. The van der Waals surface area contributed by atoms with E-state index >= 15 is 0 Å². The Balaban J connectivity index is 2.57. The Kier molecular flexibility index (Phi) is 7.43. The third-order valence-corrected chi connectivity index (χ3v) is 4.22. The molecule has 0 aliphatic carbocycles. The Bertz CT molecular complexity index is 460. The SMILES string of the molecule is CCCCCC(CCOc1ccccc1C(=O)O)C(C)(C)C. The molecule has 1 unspecified atom stereocenters. The van der Waals surface area contributed by atoms with Crippen LogP contribution in [0.25, 0.3) is 0 Å². The van der Waals surface area contributed by atoms with Crippen LogP contribution in [0.5, 0.6) is 5.75 Å². The average Bonchev–Trinajstić information content (AvgIpc) is 2.45. The van der Waals surface area contributed by atoms with Crippen molar-refractivity contribution in [3.63, 3.8) is 0 Å². The summed E-state index contributed by atoms with van der Waals surface area (Å²) in [7, 11) is 0. The first-order valence-electron chi connectivity index (χ1n) is 8.31. The van der Waals surface area contributed by atoms with Gasteiger partial charge in [-0.15, -0.1) is 0 Å². The number of unbranched alkanes of at least 4 members (excludes halogenated alkanes) is 2. The van der Waals surface area contributed by atoms with Crippen molar-refractivity contribution in [2.24, 2.45) is 11.3 Å². The number of aromatic carboxylic acids is 1. The monoisotopic (exact) mass is 306 g/mol. The van der Waals surface area contributed by atoms with Crippen molar-refractivity contribution in [3.05, 3.63) is 29.8 Å². The fourth-order valence-electron chi connectivity index (χ4n) is 2.73. The third kappa shape index (κ3) is 6.08. The van der Waals surface area contributed by atoms with Gasteiger partial charge in [0.1, 0.15) is 11.3 Å². The zero-order chi connectivity index (χ0) is 16.6. The summed E-state index contributed by atoms with van der Waals surface area (Å²) in [6.45, 7) is 9.61. The predicted octanol–water partition coefficient (Wildman–Crippen LogP) is 5.40. The minimum Gasteiger partial charge on any atom is -0.493 e. The molecule has 1 N–H and O–H groups in total. The van der Waals surface area contributed by atoms with Gasteiger partial charge in [-0.3, -0.25) is 0 Å². The highest BCUT2D eigenvalue weighted by molar-refractivity contribution is 5.90. The van der Waals surface area contributed by atoms with Gasteiger partial charge in [0, 0.05) is 0 Å². The Morgan fingerprint density at radius 3 is 2.45 bits per heavy atom. The molecule has 0 aromatic heterocycles. The van der Waals surface area contributed by atoms with E-state index < -0.39 is 5.97 Å². The van der Waals surface area contributed by atoms with Crippen LogP contribution in [0.3, 0.4) is 0 Å². The van der Waals surface area contributed by atoms with Crippen LogP contribution in [-0.4, -0.2) is 17.7 Å². The van der Waals surface area contributed by atoms with Crippen LogP contribution in [0, 0.1) is 11.3 Å². The van der Waals surface area contributed by atoms with Crippen molar-refractivity contribution in [2.75, 3.05) is 6.61 Å². The lowest BCUT2D eigenvalue weighted by Crippen LogP contribution is -2.23. The first-order valence-corrected chi connectivity index (χ1v) is 8.31. The minimum absolute atomic E-state index is 0.237. The number of carbonyl (C=O) groups is 1. The highest BCUT2D eigenvalue weighted by atomic mass is 16.5. The molecular formula is C19H30O3. The molecule has 0 fully saturated rings. The lowest BCUT2D eigenvalue weighted by molar-refractivity contribution is 0.0691. The van der Waals surface area contributed by atoms with Crippen LogP contribution in [0.1, 0.15) is 70.2 Å². The van der Waals surface area contributed by atoms with Crippen LogP contribution in [0.15, 0.2) is 24.3 Å². The number of carboxylic acid groups (broad SMARTS) is 1. The summed E-state index contributed by atoms with van der Waals surface area (Å²) in [5.41, 5.74) is 0.490. The van der Waals surface area contributed by atoms with E-state index in [-0.39, 0.29) is 11.0 Å². The van der Waals surface area contributed by atoms with Crippen molar-refractivity contribution in [1.29, 1.82) is 0 Å². The molecule has 0 heterocycles. The quantitative estimate of drug-likeness (QED) is 0.622. The summed E-state index contributed by atoms with van der Waals surface area (Å²) in [6.07, 6.45) is 5.93. The van der Waals surface area contributed by atoms with Crippen molar-refractivity contribution in [2.45, 2.75) is 59.8 Å². The van der Waals surface area contributed by atoms with E-state index in [1.54, 1.807) is 18.2 Å². The minimum atomic E-state index is -0.939. The smallest absolute Gasteiger partial charge is 0.339 e. The predicted molar refractivity (Wildman–Crippen MR) is 90.6 cm³/mol. The van der Waals surface area contributed by atoms with Crippen molar-refractivity contribution in [1.82, 2.24) is 0 Å². The maximum Gasteiger partial charge on any atom is 0.339 e. The summed E-state index contributed by atoms with van der Waals surface area (Å²) in [5.74, 6) is 0.123.